The second-order valence-corrected chi connectivity index (χ2v) is 7.87. The Labute approximate surface area is 186 Å². The first kappa shape index (κ1) is 22.6. The van der Waals surface area contributed by atoms with E-state index in [1.54, 1.807) is 0 Å². The molecule has 1 heterocycles. The first-order chi connectivity index (χ1) is 15.1. The number of nitrogens with zero attached hydrogens (tertiary/aromatic N) is 3. The molecule has 2 aromatic carbocycles. The van der Waals surface area contributed by atoms with Gasteiger partial charge in [0.1, 0.15) is 0 Å². The minimum absolute atomic E-state index is 0.0694. The predicted octanol–water partition coefficient (Wildman–Crippen LogP) is 3.45. The summed E-state index contributed by atoms with van der Waals surface area (Å²) in [7, 11) is 0. The monoisotopic (exact) mass is 437 g/mol. The van der Waals surface area contributed by atoms with Crippen LogP contribution in [0.4, 0.5) is 5.69 Å². The zero-order chi connectivity index (χ0) is 22.1. The van der Waals surface area contributed by atoms with E-state index in [4.69, 9.17) is 0 Å². The van der Waals surface area contributed by atoms with Crippen LogP contribution in [0.3, 0.4) is 0 Å². The molecular formula is C23H27N5O2S. The fourth-order valence-corrected chi connectivity index (χ4v) is 3.98. The summed E-state index contributed by atoms with van der Waals surface area (Å²) in [6.07, 6.45) is 1.18. The molecule has 0 aliphatic carbocycles. The molecule has 3 aromatic rings. The number of benzene rings is 2. The number of aryl methyl sites for hydroxylation is 1. The minimum atomic E-state index is -0.0886. The van der Waals surface area contributed by atoms with Gasteiger partial charge in [-0.25, -0.2) is 0 Å². The van der Waals surface area contributed by atoms with Gasteiger partial charge in [-0.15, -0.1) is 10.2 Å². The number of hydrogen-bond donors (Lipinski definition) is 2. The van der Waals surface area contributed by atoms with Crippen LogP contribution in [0.15, 0.2) is 59.8 Å². The van der Waals surface area contributed by atoms with Crippen LogP contribution < -0.4 is 10.6 Å². The van der Waals surface area contributed by atoms with Gasteiger partial charge in [0.2, 0.25) is 11.8 Å². The smallest absolute Gasteiger partial charge is 0.234 e. The van der Waals surface area contributed by atoms with Crippen molar-refractivity contribution in [2.24, 2.45) is 0 Å². The molecule has 1 aromatic heterocycles. The molecule has 7 nitrogen and oxygen atoms in total. The summed E-state index contributed by atoms with van der Waals surface area (Å²) in [5, 5.41) is 14.9. The van der Waals surface area contributed by atoms with Gasteiger partial charge < -0.3 is 15.2 Å². The predicted molar refractivity (Wildman–Crippen MR) is 123 cm³/mol. The second kappa shape index (κ2) is 11.3. The quantitative estimate of drug-likeness (QED) is 0.474. The Morgan fingerprint density at radius 1 is 0.968 bits per heavy atom. The minimum Gasteiger partial charge on any atom is -0.349 e. The van der Waals surface area contributed by atoms with Crippen molar-refractivity contribution in [2.45, 2.75) is 44.9 Å². The molecule has 0 bridgehead atoms. The van der Waals surface area contributed by atoms with Crippen LogP contribution >= 0.6 is 11.8 Å². The third-order valence-corrected chi connectivity index (χ3v) is 5.73. The third kappa shape index (κ3) is 6.42. The highest BCUT2D eigenvalue weighted by atomic mass is 32.2. The third-order valence-electron chi connectivity index (χ3n) is 4.77. The molecule has 0 aliphatic rings. The number of amides is 2. The van der Waals surface area contributed by atoms with Gasteiger partial charge in [0.15, 0.2) is 11.0 Å². The molecule has 0 spiro atoms. The van der Waals surface area contributed by atoms with E-state index in [2.05, 4.69) is 27.8 Å². The standard InChI is InChI=1S/C23H27N5O2S/c1-3-18-12-8-9-13-19(18)25-22(30)16-31-23-27-26-20(28(23)4-2)15-24-21(29)14-17-10-6-5-7-11-17/h5-13H,3-4,14-16H2,1-2H3,(H,24,29)(H,25,30). The van der Waals surface area contributed by atoms with E-state index in [1.807, 2.05) is 66.1 Å². The van der Waals surface area contributed by atoms with Crippen LogP contribution in [-0.4, -0.2) is 32.3 Å². The van der Waals surface area contributed by atoms with Crippen molar-refractivity contribution in [1.82, 2.24) is 20.1 Å². The molecule has 0 saturated heterocycles. The lowest BCUT2D eigenvalue weighted by atomic mass is 10.1. The van der Waals surface area contributed by atoms with Gasteiger partial charge in [0.05, 0.1) is 18.7 Å². The van der Waals surface area contributed by atoms with Crippen LogP contribution in [0, 0.1) is 0 Å². The SMILES string of the molecule is CCc1ccccc1NC(=O)CSc1nnc(CNC(=O)Cc2ccccc2)n1CC. The number of hydrogen-bond acceptors (Lipinski definition) is 5. The van der Waals surface area contributed by atoms with Gasteiger partial charge in [0.25, 0.3) is 0 Å². The summed E-state index contributed by atoms with van der Waals surface area (Å²) in [6, 6.07) is 17.4. The van der Waals surface area contributed by atoms with E-state index in [0.717, 1.165) is 23.2 Å². The summed E-state index contributed by atoms with van der Waals surface area (Å²) in [5.41, 5.74) is 2.91. The lowest BCUT2D eigenvalue weighted by Crippen LogP contribution is -2.26. The maximum Gasteiger partial charge on any atom is 0.234 e. The molecule has 0 aliphatic heterocycles. The van der Waals surface area contributed by atoms with Gasteiger partial charge in [-0.1, -0.05) is 67.2 Å². The van der Waals surface area contributed by atoms with E-state index in [-0.39, 0.29) is 17.6 Å². The maximum absolute atomic E-state index is 12.4. The first-order valence-corrected chi connectivity index (χ1v) is 11.3. The van der Waals surface area contributed by atoms with E-state index >= 15 is 0 Å². The lowest BCUT2D eigenvalue weighted by molar-refractivity contribution is -0.120. The number of para-hydroxylation sites is 1. The average Bonchev–Trinajstić information content (AvgIpc) is 3.19. The van der Waals surface area contributed by atoms with Crippen molar-refractivity contribution < 1.29 is 9.59 Å². The Morgan fingerprint density at radius 2 is 1.71 bits per heavy atom. The van der Waals surface area contributed by atoms with Crippen LogP contribution in [0.25, 0.3) is 0 Å². The molecule has 2 amide bonds. The van der Waals surface area contributed by atoms with Crippen molar-refractivity contribution in [3.8, 4) is 0 Å². The van der Waals surface area contributed by atoms with E-state index < -0.39 is 0 Å². The van der Waals surface area contributed by atoms with Crippen LogP contribution in [0.5, 0.6) is 0 Å². The Hall–Kier alpha value is -3.13. The maximum atomic E-state index is 12.4. The van der Waals surface area contributed by atoms with Crippen LogP contribution in [0.2, 0.25) is 0 Å². The average molecular weight is 438 g/mol. The number of rotatable bonds is 10. The highest BCUT2D eigenvalue weighted by Gasteiger charge is 2.14. The van der Waals surface area contributed by atoms with Crippen molar-refractivity contribution >= 4 is 29.3 Å². The molecule has 2 N–H and O–H groups in total. The fraction of sp³-hybridized carbons (Fsp3) is 0.304. The fourth-order valence-electron chi connectivity index (χ4n) is 3.16. The van der Waals surface area contributed by atoms with Gasteiger partial charge in [0, 0.05) is 12.2 Å². The molecule has 0 unspecified atom stereocenters. The molecule has 0 atom stereocenters. The molecule has 0 radical (unpaired) electrons. The molecule has 0 fully saturated rings. The Morgan fingerprint density at radius 3 is 2.45 bits per heavy atom. The van der Waals surface area contributed by atoms with E-state index in [9.17, 15) is 9.59 Å². The van der Waals surface area contributed by atoms with Gasteiger partial charge in [-0.2, -0.15) is 0 Å². The first-order valence-electron chi connectivity index (χ1n) is 10.3. The zero-order valence-corrected chi connectivity index (χ0v) is 18.6. The largest absolute Gasteiger partial charge is 0.349 e. The number of nitrogens with one attached hydrogen (secondary N) is 2. The highest BCUT2D eigenvalue weighted by molar-refractivity contribution is 7.99. The number of aromatic nitrogens is 3. The van der Waals surface area contributed by atoms with Crippen molar-refractivity contribution in [1.29, 1.82) is 0 Å². The molecule has 31 heavy (non-hydrogen) atoms. The lowest BCUT2D eigenvalue weighted by Gasteiger charge is -2.10. The van der Waals surface area contributed by atoms with E-state index in [1.165, 1.54) is 11.8 Å². The van der Waals surface area contributed by atoms with Crippen molar-refractivity contribution in [3.63, 3.8) is 0 Å². The molecule has 162 valence electrons. The number of anilines is 1. The Kier molecular flexibility index (Phi) is 8.23. The molecule has 3 rings (SSSR count). The highest BCUT2D eigenvalue weighted by Crippen LogP contribution is 2.19. The summed E-state index contributed by atoms with van der Waals surface area (Å²) in [5.74, 6) is 0.744. The number of thioether (sulfide) groups is 1. The Balaban J connectivity index is 1.53. The molecule has 0 saturated carbocycles. The van der Waals surface area contributed by atoms with Crippen LogP contribution in [-0.2, 0) is 35.5 Å². The summed E-state index contributed by atoms with van der Waals surface area (Å²) in [4.78, 5) is 24.6. The van der Waals surface area contributed by atoms with Gasteiger partial charge in [-0.05, 0) is 30.5 Å². The van der Waals surface area contributed by atoms with Crippen molar-refractivity contribution in [3.05, 3.63) is 71.5 Å². The van der Waals surface area contributed by atoms with Crippen LogP contribution in [0.1, 0.15) is 30.8 Å². The van der Waals surface area contributed by atoms with Gasteiger partial charge >= 0.3 is 0 Å². The van der Waals surface area contributed by atoms with Crippen molar-refractivity contribution in [2.75, 3.05) is 11.1 Å². The Bertz CT molecular complexity index is 1020. The number of carbonyl (C=O) groups excluding carboxylic acids is 2. The summed E-state index contributed by atoms with van der Waals surface area (Å²) in [6.45, 7) is 4.99. The molecular weight excluding hydrogens is 410 g/mol. The topological polar surface area (TPSA) is 88.9 Å². The second-order valence-electron chi connectivity index (χ2n) is 6.93. The normalized spacial score (nSPS) is 10.6. The number of carbonyl (C=O) groups is 2. The summed E-state index contributed by atoms with van der Waals surface area (Å²) >= 11 is 1.33. The molecule has 8 heteroatoms. The zero-order valence-electron chi connectivity index (χ0n) is 17.8. The van der Waals surface area contributed by atoms with Gasteiger partial charge in [-0.3, -0.25) is 9.59 Å². The van der Waals surface area contributed by atoms with E-state index in [0.29, 0.717) is 30.5 Å². The summed E-state index contributed by atoms with van der Waals surface area (Å²) < 4.78 is 1.92.